The number of hydrogen-bond donors (Lipinski definition) is 1. The van der Waals surface area contributed by atoms with Gasteiger partial charge in [-0.1, -0.05) is 13.0 Å². The van der Waals surface area contributed by atoms with Gasteiger partial charge in [0.2, 0.25) is 0 Å². The van der Waals surface area contributed by atoms with Gasteiger partial charge in [-0.05, 0) is 31.0 Å². The maximum atomic E-state index is 9.08. The molecule has 1 atom stereocenters. The normalized spacial score (nSPS) is 11.9. The highest BCUT2D eigenvalue weighted by atomic mass is 16.3. The molecule has 3 nitrogen and oxygen atoms in total. The zero-order valence-corrected chi connectivity index (χ0v) is 10.1. The summed E-state index contributed by atoms with van der Waals surface area (Å²) in [6.45, 7) is 4.22. The van der Waals surface area contributed by atoms with Crippen LogP contribution in [0, 0.1) is 11.3 Å². The maximum absolute atomic E-state index is 9.08. The molecule has 0 radical (unpaired) electrons. The van der Waals surface area contributed by atoms with Crippen LogP contribution in [-0.2, 0) is 6.61 Å². The van der Waals surface area contributed by atoms with Crippen LogP contribution in [0.25, 0.3) is 0 Å². The van der Waals surface area contributed by atoms with E-state index in [-0.39, 0.29) is 6.61 Å². The zero-order valence-electron chi connectivity index (χ0n) is 10.1. The van der Waals surface area contributed by atoms with E-state index < -0.39 is 0 Å². The van der Waals surface area contributed by atoms with Crippen molar-refractivity contribution >= 4 is 5.69 Å². The number of nitrogens with zero attached hydrogens (tertiary/aromatic N) is 2. The van der Waals surface area contributed by atoms with E-state index in [1.807, 2.05) is 19.2 Å². The SMILES string of the molecule is CCC(C)N(C)c1ccc(CO)cc1C#N. The lowest BCUT2D eigenvalue weighted by Crippen LogP contribution is -2.28. The number of aliphatic hydroxyl groups is 1. The number of aliphatic hydroxyl groups excluding tert-OH is 1. The van der Waals surface area contributed by atoms with Crippen LogP contribution in [0.5, 0.6) is 0 Å². The molecule has 1 N–H and O–H groups in total. The lowest BCUT2D eigenvalue weighted by atomic mass is 10.1. The Morgan fingerprint density at radius 1 is 1.50 bits per heavy atom. The molecule has 16 heavy (non-hydrogen) atoms. The molecule has 0 heterocycles. The van der Waals surface area contributed by atoms with Crippen LogP contribution >= 0.6 is 0 Å². The van der Waals surface area contributed by atoms with Gasteiger partial charge in [-0.2, -0.15) is 5.26 Å². The van der Waals surface area contributed by atoms with Crippen molar-refractivity contribution in [1.82, 2.24) is 0 Å². The summed E-state index contributed by atoms with van der Waals surface area (Å²) < 4.78 is 0. The molecule has 1 aromatic carbocycles. The third kappa shape index (κ3) is 2.53. The Morgan fingerprint density at radius 3 is 2.69 bits per heavy atom. The molecule has 0 aliphatic rings. The highest BCUT2D eigenvalue weighted by molar-refractivity contribution is 5.60. The molecule has 0 amide bonds. The van der Waals surface area contributed by atoms with Gasteiger partial charge in [-0.15, -0.1) is 0 Å². The minimum Gasteiger partial charge on any atom is -0.392 e. The summed E-state index contributed by atoms with van der Waals surface area (Å²) in [4.78, 5) is 2.10. The highest BCUT2D eigenvalue weighted by Crippen LogP contribution is 2.23. The van der Waals surface area contributed by atoms with E-state index in [1.54, 1.807) is 6.07 Å². The molecule has 0 aliphatic carbocycles. The van der Waals surface area contributed by atoms with Gasteiger partial charge in [-0.25, -0.2) is 0 Å². The number of hydrogen-bond acceptors (Lipinski definition) is 3. The quantitative estimate of drug-likeness (QED) is 0.843. The molecule has 1 aromatic rings. The Morgan fingerprint density at radius 2 is 2.19 bits per heavy atom. The van der Waals surface area contributed by atoms with E-state index in [2.05, 4.69) is 24.8 Å². The fourth-order valence-electron chi connectivity index (χ4n) is 1.59. The van der Waals surface area contributed by atoms with Crippen molar-refractivity contribution < 1.29 is 5.11 Å². The largest absolute Gasteiger partial charge is 0.392 e. The first-order valence-corrected chi connectivity index (χ1v) is 5.50. The fourth-order valence-corrected chi connectivity index (χ4v) is 1.59. The second-order valence-electron chi connectivity index (χ2n) is 3.99. The van der Waals surface area contributed by atoms with Gasteiger partial charge in [0.1, 0.15) is 6.07 Å². The molecule has 1 rings (SSSR count). The van der Waals surface area contributed by atoms with Crippen LogP contribution < -0.4 is 4.90 Å². The second-order valence-corrected chi connectivity index (χ2v) is 3.99. The van der Waals surface area contributed by atoms with Crippen LogP contribution in [0.2, 0.25) is 0 Å². The van der Waals surface area contributed by atoms with Crippen LogP contribution in [-0.4, -0.2) is 18.2 Å². The third-order valence-corrected chi connectivity index (χ3v) is 3.00. The van der Waals surface area contributed by atoms with Crippen molar-refractivity contribution in [3.63, 3.8) is 0 Å². The van der Waals surface area contributed by atoms with E-state index in [9.17, 15) is 0 Å². The smallest absolute Gasteiger partial charge is 0.101 e. The summed E-state index contributed by atoms with van der Waals surface area (Å²) in [7, 11) is 1.99. The van der Waals surface area contributed by atoms with E-state index in [4.69, 9.17) is 10.4 Å². The Bertz CT molecular complexity index is 395. The first-order valence-electron chi connectivity index (χ1n) is 5.50. The van der Waals surface area contributed by atoms with Crippen molar-refractivity contribution in [2.45, 2.75) is 32.9 Å². The molecule has 0 spiro atoms. The Labute approximate surface area is 96.9 Å². The van der Waals surface area contributed by atoms with Crippen LogP contribution in [0.4, 0.5) is 5.69 Å². The molecule has 0 aromatic heterocycles. The Balaban J connectivity index is 3.09. The molecular weight excluding hydrogens is 200 g/mol. The van der Waals surface area contributed by atoms with Gasteiger partial charge in [-0.3, -0.25) is 0 Å². The fraction of sp³-hybridized carbons (Fsp3) is 0.462. The van der Waals surface area contributed by atoms with Gasteiger partial charge in [0.05, 0.1) is 17.9 Å². The second kappa shape index (κ2) is 5.53. The van der Waals surface area contributed by atoms with Crippen molar-refractivity contribution in [3.8, 4) is 6.07 Å². The molecule has 0 fully saturated rings. The monoisotopic (exact) mass is 218 g/mol. The first kappa shape index (κ1) is 12.5. The third-order valence-electron chi connectivity index (χ3n) is 3.00. The molecular formula is C13H18N2O. The molecule has 3 heteroatoms. The maximum Gasteiger partial charge on any atom is 0.101 e. The summed E-state index contributed by atoms with van der Waals surface area (Å²) in [5.74, 6) is 0. The Kier molecular flexibility index (Phi) is 4.33. The van der Waals surface area contributed by atoms with Gasteiger partial charge in [0, 0.05) is 13.1 Å². The topological polar surface area (TPSA) is 47.3 Å². The van der Waals surface area contributed by atoms with Gasteiger partial charge in [0.15, 0.2) is 0 Å². The summed E-state index contributed by atoms with van der Waals surface area (Å²) in [6, 6.07) is 8.07. The van der Waals surface area contributed by atoms with Crippen LogP contribution in [0.15, 0.2) is 18.2 Å². The number of anilines is 1. The molecule has 0 bridgehead atoms. The van der Waals surface area contributed by atoms with E-state index in [0.717, 1.165) is 17.7 Å². The average molecular weight is 218 g/mol. The number of rotatable bonds is 4. The average Bonchev–Trinajstić information content (AvgIpc) is 2.35. The van der Waals surface area contributed by atoms with Crippen LogP contribution in [0.3, 0.4) is 0 Å². The molecule has 0 saturated heterocycles. The van der Waals surface area contributed by atoms with Gasteiger partial charge >= 0.3 is 0 Å². The van der Waals surface area contributed by atoms with Crippen molar-refractivity contribution in [1.29, 1.82) is 5.26 Å². The minimum atomic E-state index is -0.0258. The predicted molar refractivity (Wildman–Crippen MR) is 65.2 cm³/mol. The molecule has 0 aliphatic heterocycles. The van der Waals surface area contributed by atoms with E-state index >= 15 is 0 Å². The van der Waals surface area contributed by atoms with Gasteiger partial charge in [0.25, 0.3) is 0 Å². The minimum absolute atomic E-state index is 0.0258. The first-order chi connectivity index (χ1) is 7.63. The highest BCUT2D eigenvalue weighted by Gasteiger charge is 2.12. The molecule has 0 saturated carbocycles. The van der Waals surface area contributed by atoms with Gasteiger partial charge < -0.3 is 10.0 Å². The van der Waals surface area contributed by atoms with Crippen LogP contribution in [0.1, 0.15) is 31.4 Å². The van der Waals surface area contributed by atoms with E-state index in [1.165, 1.54) is 0 Å². The summed E-state index contributed by atoms with van der Waals surface area (Å²) >= 11 is 0. The van der Waals surface area contributed by atoms with Crippen molar-refractivity contribution in [3.05, 3.63) is 29.3 Å². The molecule has 86 valence electrons. The summed E-state index contributed by atoms with van der Waals surface area (Å²) in [6.07, 6.45) is 1.03. The summed E-state index contributed by atoms with van der Waals surface area (Å²) in [5.41, 5.74) is 2.32. The lowest BCUT2D eigenvalue weighted by Gasteiger charge is -2.27. The lowest BCUT2D eigenvalue weighted by molar-refractivity contribution is 0.282. The van der Waals surface area contributed by atoms with Crippen molar-refractivity contribution in [2.24, 2.45) is 0 Å². The van der Waals surface area contributed by atoms with Crippen molar-refractivity contribution in [2.75, 3.05) is 11.9 Å². The standard InChI is InChI=1S/C13H18N2O/c1-4-10(2)15(3)13-6-5-11(9-16)7-12(13)8-14/h5-7,10,16H,4,9H2,1-3H3. The number of benzene rings is 1. The van der Waals surface area contributed by atoms with E-state index in [0.29, 0.717) is 11.6 Å². The molecule has 1 unspecified atom stereocenters. The number of nitriles is 1. The predicted octanol–water partition coefficient (Wildman–Crippen LogP) is 2.29. The Hall–Kier alpha value is -1.53. The summed E-state index contributed by atoms with van der Waals surface area (Å²) in [5, 5.41) is 18.1. The zero-order chi connectivity index (χ0) is 12.1.